The molecule has 0 saturated heterocycles. The number of anilines is 2. The molecule has 0 aliphatic rings. The Bertz CT molecular complexity index is 648. The van der Waals surface area contributed by atoms with Crippen LogP contribution in [0.1, 0.15) is 10.4 Å². The van der Waals surface area contributed by atoms with Crippen molar-refractivity contribution in [2.24, 2.45) is 0 Å². The van der Waals surface area contributed by atoms with Crippen LogP contribution in [0.4, 0.5) is 24.5 Å². The Morgan fingerprint density at radius 3 is 2.30 bits per heavy atom. The van der Waals surface area contributed by atoms with Gasteiger partial charge in [0.05, 0.1) is 10.7 Å². The molecule has 3 nitrogen and oxygen atoms in total. The van der Waals surface area contributed by atoms with E-state index in [1.807, 2.05) is 0 Å². The molecule has 0 radical (unpaired) electrons. The van der Waals surface area contributed by atoms with Crippen LogP contribution in [0.25, 0.3) is 0 Å². The van der Waals surface area contributed by atoms with Crippen molar-refractivity contribution < 1.29 is 18.0 Å². The molecular formula is C13H8ClF3N2O. The summed E-state index contributed by atoms with van der Waals surface area (Å²) in [6.07, 6.45) is 0. The maximum absolute atomic E-state index is 13.5. The minimum atomic E-state index is -1.03. The van der Waals surface area contributed by atoms with Crippen LogP contribution in [-0.2, 0) is 0 Å². The molecule has 0 fully saturated rings. The second-order valence-corrected chi connectivity index (χ2v) is 4.38. The van der Waals surface area contributed by atoms with Gasteiger partial charge in [-0.1, -0.05) is 11.6 Å². The maximum Gasteiger partial charge on any atom is 0.255 e. The zero-order valence-electron chi connectivity index (χ0n) is 9.88. The summed E-state index contributed by atoms with van der Waals surface area (Å²) in [4.78, 5) is 11.9. The second-order valence-electron chi connectivity index (χ2n) is 3.97. The van der Waals surface area contributed by atoms with E-state index in [4.69, 9.17) is 17.3 Å². The first-order chi connectivity index (χ1) is 9.36. The topological polar surface area (TPSA) is 55.1 Å². The summed E-state index contributed by atoms with van der Waals surface area (Å²) in [6.45, 7) is 0. The van der Waals surface area contributed by atoms with Crippen LogP contribution in [0.2, 0.25) is 5.02 Å². The molecule has 2 aromatic carbocycles. The molecule has 0 aromatic heterocycles. The number of carbonyl (C=O) groups excluding carboxylic acids is 1. The van der Waals surface area contributed by atoms with Crippen LogP contribution in [0, 0.1) is 17.5 Å². The van der Waals surface area contributed by atoms with Crippen molar-refractivity contribution in [1.82, 2.24) is 0 Å². The fourth-order valence-electron chi connectivity index (χ4n) is 1.59. The van der Waals surface area contributed by atoms with Gasteiger partial charge in [0.2, 0.25) is 0 Å². The van der Waals surface area contributed by atoms with Crippen molar-refractivity contribution >= 4 is 28.9 Å². The summed E-state index contributed by atoms with van der Waals surface area (Å²) in [5.41, 5.74) is 4.95. The van der Waals surface area contributed by atoms with Gasteiger partial charge in [0.1, 0.15) is 11.6 Å². The van der Waals surface area contributed by atoms with Crippen LogP contribution >= 0.6 is 11.6 Å². The summed E-state index contributed by atoms with van der Waals surface area (Å²) < 4.78 is 39.5. The zero-order chi connectivity index (χ0) is 14.9. The van der Waals surface area contributed by atoms with Gasteiger partial charge in [-0.3, -0.25) is 4.79 Å². The lowest BCUT2D eigenvalue weighted by molar-refractivity contribution is 0.102. The number of nitrogens with two attached hydrogens (primary N) is 1. The Morgan fingerprint density at radius 2 is 1.70 bits per heavy atom. The van der Waals surface area contributed by atoms with E-state index in [1.165, 1.54) is 6.07 Å². The molecule has 2 aromatic rings. The Hall–Kier alpha value is -2.21. The molecule has 2 rings (SSSR count). The van der Waals surface area contributed by atoms with E-state index < -0.39 is 23.4 Å². The normalized spacial score (nSPS) is 10.4. The third-order valence-electron chi connectivity index (χ3n) is 2.43. The lowest BCUT2D eigenvalue weighted by atomic mass is 10.1. The standard InChI is InChI=1S/C13H8ClF3N2O/c14-10-4-8(16)5-11(17)12(10)19-13(20)6-1-7(15)3-9(18)2-6/h1-5H,18H2,(H,19,20). The smallest absolute Gasteiger partial charge is 0.255 e. The van der Waals surface area contributed by atoms with Crippen molar-refractivity contribution in [2.75, 3.05) is 11.1 Å². The summed E-state index contributed by atoms with van der Waals surface area (Å²) >= 11 is 5.64. The largest absolute Gasteiger partial charge is 0.399 e. The first kappa shape index (κ1) is 14.2. The lowest BCUT2D eigenvalue weighted by Gasteiger charge is -2.09. The van der Waals surface area contributed by atoms with Gasteiger partial charge in [-0.2, -0.15) is 0 Å². The Labute approximate surface area is 117 Å². The van der Waals surface area contributed by atoms with Crippen LogP contribution < -0.4 is 11.1 Å². The number of hydrogen-bond donors (Lipinski definition) is 2. The molecule has 0 aliphatic heterocycles. The fourth-order valence-corrected chi connectivity index (χ4v) is 1.83. The molecule has 3 N–H and O–H groups in total. The molecule has 7 heteroatoms. The summed E-state index contributed by atoms with van der Waals surface area (Å²) in [7, 11) is 0. The summed E-state index contributed by atoms with van der Waals surface area (Å²) in [6, 6.07) is 4.60. The van der Waals surface area contributed by atoms with Crippen molar-refractivity contribution in [2.45, 2.75) is 0 Å². The Kier molecular flexibility index (Phi) is 3.85. The maximum atomic E-state index is 13.5. The molecule has 0 unspecified atom stereocenters. The van der Waals surface area contributed by atoms with Gasteiger partial charge in [0.15, 0.2) is 5.82 Å². The van der Waals surface area contributed by atoms with Crippen molar-refractivity contribution in [3.8, 4) is 0 Å². The van der Waals surface area contributed by atoms with Gasteiger partial charge in [-0.25, -0.2) is 13.2 Å². The van der Waals surface area contributed by atoms with E-state index in [0.717, 1.165) is 18.2 Å². The molecule has 1 amide bonds. The van der Waals surface area contributed by atoms with Gasteiger partial charge < -0.3 is 11.1 Å². The predicted octanol–water partition coefficient (Wildman–Crippen LogP) is 3.59. The SMILES string of the molecule is Nc1cc(F)cc(C(=O)Nc2c(F)cc(F)cc2Cl)c1. The van der Waals surface area contributed by atoms with Gasteiger partial charge in [0, 0.05) is 17.3 Å². The second kappa shape index (κ2) is 5.42. The molecule has 20 heavy (non-hydrogen) atoms. The number of carbonyl (C=O) groups is 1. The van der Waals surface area contributed by atoms with Crippen LogP contribution in [0.5, 0.6) is 0 Å². The molecular weight excluding hydrogens is 293 g/mol. The monoisotopic (exact) mass is 300 g/mol. The number of amides is 1. The minimum absolute atomic E-state index is 0.0424. The first-order valence-electron chi connectivity index (χ1n) is 5.39. The molecule has 0 heterocycles. The lowest BCUT2D eigenvalue weighted by Crippen LogP contribution is -2.14. The molecule has 0 bridgehead atoms. The highest BCUT2D eigenvalue weighted by molar-refractivity contribution is 6.34. The van der Waals surface area contributed by atoms with E-state index in [1.54, 1.807) is 0 Å². The molecule has 0 atom stereocenters. The number of benzene rings is 2. The average Bonchev–Trinajstić information content (AvgIpc) is 2.32. The van der Waals surface area contributed by atoms with Gasteiger partial charge in [0.25, 0.3) is 5.91 Å². The minimum Gasteiger partial charge on any atom is -0.399 e. The van der Waals surface area contributed by atoms with Gasteiger partial charge in [-0.05, 0) is 24.3 Å². The molecule has 0 spiro atoms. The van der Waals surface area contributed by atoms with Crippen LogP contribution in [0.3, 0.4) is 0 Å². The number of nitrogen functional groups attached to an aromatic ring is 1. The van der Waals surface area contributed by atoms with E-state index in [-0.39, 0.29) is 22.0 Å². The highest BCUT2D eigenvalue weighted by Gasteiger charge is 2.15. The zero-order valence-corrected chi connectivity index (χ0v) is 10.6. The van der Waals surface area contributed by atoms with Crippen molar-refractivity contribution in [3.63, 3.8) is 0 Å². The number of halogens is 4. The van der Waals surface area contributed by atoms with Crippen LogP contribution in [0.15, 0.2) is 30.3 Å². The molecule has 0 saturated carbocycles. The average molecular weight is 301 g/mol. The number of hydrogen-bond acceptors (Lipinski definition) is 2. The Morgan fingerprint density at radius 1 is 1.05 bits per heavy atom. The summed E-state index contributed by atoms with van der Waals surface area (Å²) in [5, 5.41) is 1.84. The first-order valence-corrected chi connectivity index (χ1v) is 5.76. The van der Waals surface area contributed by atoms with E-state index in [0.29, 0.717) is 6.07 Å². The van der Waals surface area contributed by atoms with Crippen molar-refractivity contribution in [1.29, 1.82) is 0 Å². The van der Waals surface area contributed by atoms with Gasteiger partial charge >= 0.3 is 0 Å². The fraction of sp³-hybridized carbons (Fsp3) is 0. The molecule has 0 aliphatic carbocycles. The quantitative estimate of drug-likeness (QED) is 0.833. The summed E-state index contributed by atoms with van der Waals surface area (Å²) in [5.74, 6) is -3.43. The van der Waals surface area contributed by atoms with Crippen molar-refractivity contribution in [3.05, 3.63) is 58.4 Å². The van der Waals surface area contributed by atoms with Gasteiger partial charge in [-0.15, -0.1) is 0 Å². The van der Waals surface area contributed by atoms with E-state index in [2.05, 4.69) is 5.32 Å². The molecule has 104 valence electrons. The van der Waals surface area contributed by atoms with E-state index >= 15 is 0 Å². The third-order valence-corrected chi connectivity index (χ3v) is 2.73. The highest BCUT2D eigenvalue weighted by Crippen LogP contribution is 2.27. The predicted molar refractivity (Wildman–Crippen MR) is 70.1 cm³/mol. The third kappa shape index (κ3) is 3.03. The number of rotatable bonds is 2. The van der Waals surface area contributed by atoms with Crippen LogP contribution in [-0.4, -0.2) is 5.91 Å². The Balaban J connectivity index is 2.32. The highest BCUT2D eigenvalue weighted by atomic mass is 35.5. The van der Waals surface area contributed by atoms with E-state index in [9.17, 15) is 18.0 Å². The number of nitrogens with one attached hydrogen (secondary N) is 1.